The van der Waals surface area contributed by atoms with Crippen LogP contribution < -0.4 is 10.1 Å². The molecule has 3 aromatic rings. The fourth-order valence-electron chi connectivity index (χ4n) is 3.18. The van der Waals surface area contributed by atoms with E-state index in [0.717, 1.165) is 49.2 Å². The van der Waals surface area contributed by atoms with E-state index in [9.17, 15) is 0 Å². The fourth-order valence-corrected chi connectivity index (χ4v) is 3.50. The number of rotatable bonds is 10. The third-order valence-corrected chi connectivity index (χ3v) is 5.43. The van der Waals surface area contributed by atoms with Crippen molar-refractivity contribution in [1.29, 1.82) is 0 Å². The van der Waals surface area contributed by atoms with Crippen molar-refractivity contribution >= 4 is 34.0 Å². The van der Waals surface area contributed by atoms with Crippen LogP contribution in [-0.4, -0.2) is 18.3 Å². The van der Waals surface area contributed by atoms with Crippen molar-refractivity contribution in [2.75, 3.05) is 13.2 Å². The molecule has 0 radical (unpaired) electrons. The van der Waals surface area contributed by atoms with Crippen LogP contribution in [-0.2, 0) is 13.2 Å². The van der Waals surface area contributed by atoms with Crippen molar-refractivity contribution in [3.63, 3.8) is 0 Å². The highest BCUT2D eigenvalue weighted by atomic mass is 35.5. The zero-order chi connectivity index (χ0) is 19.8. The first-order chi connectivity index (χ1) is 13.7. The van der Waals surface area contributed by atoms with Crippen LogP contribution in [0.2, 0.25) is 10.0 Å². The van der Waals surface area contributed by atoms with E-state index in [4.69, 9.17) is 33.0 Å². The smallest absolute Gasteiger partial charge is 0.124 e. The number of hydrogen-bond donors (Lipinski definition) is 2. The van der Waals surface area contributed by atoms with Crippen molar-refractivity contribution in [2.24, 2.45) is 0 Å². The van der Waals surface area contributed by atoms with Gasteiger partial charge in [-0.3, -0.25) is 0 Å². The van der Waals surface area contributed by atoms with E-state index >= 15 is 0 Å². The lowest BCUT2D eigenvalue weighted by atomic mass is 10.0. The van der Waals surface area contributed by atoms with Crippen LogP contribution in [0.3, 0.4) is 0 Å². The lowest BCUT2D eigenvalue weighted by Crippen LogP contribution is -2.16. The molecule has 0 unspecified atom stereocenters. The molecule has 0 spiro atoms. The average Bonchev–Trinajstić information content (AvgIpc) is 2.72. The summed E-state index contributed by atoms with van der Waals surface area (Å²) in [5.41, 5.74) is 2.13. The number of fused-ring (bicyclic) bond motifs is 1. The van der Waals surface area contributed by atoms with Crippen LogP contribution in [0.15, 0.2) is 54.6 Å². The molecule has 0 amide bonds. The van der Waals surface area contributed by atoms with E-state index in [2.05, 4.69) is 29.6 Å². The number of halogens is 2. The normalized spacial score (nSPS) is 11.1. The summed E-state index contributed by atoms with van der Waals surface area (Å²) in [4.78, 5) is 0. The summed E-state index contributed by atoms with van der Waals surface area (Å²) in [6.07, 6.45) is 2.93. The highest BCUT2D eigenvalue weighted by Crippen LogP contribution is 2.29. The van der Waals surface area contributed by atoms with Gasteiger partial charge in [-0.2, -0.15) is 0 Å². The summed E-state index contributed by atoms with van der Waals surface area (Å²) in [5.74, 6) is 0.868. The molecule has 5 heteroatoms. The molecule has 0 aliphatic heterocycles. The SMILES string of the molecule is OCCCCCNCc1c(OCc2ccc(Cl)c(Cl)c2)ccc2ccccc12. The largest absolute Gasteiger partial charge is 0.489 e. The van der Waals surface area contributed by atoms with E-state index in [-0.39, 0.29) is 6.61 Å². The van der Waals surface area contributed by atoms with Gasteiger partial charge in [0, 0.05) is 18.7 Å². The van der Waals surface area contributed by atoms with Gasteiger partial charge in [0.15, 0.2) is 0 Å². The monoisotopic (exact) mass is 417 g/mol. The van der Waals surface area contributed by atoms with Gasteiger partial charge in [-0.15, -0.1) is 0 Å². The molecule has 0 aromatic heterocycles. The standard InChI is InChI=1S/C23H25Cl2NO2/c24-21-10-8-17(14-22(21)25)16-28-23-11-9-18-6-2-3-7-19(18)20(23)15-26-12-4-1-5-13-27/h2-3,6-11,14,26-27H,1,4-5,12-13,15-16H2. The second-order valence-electron chi connectivity index (χ2n) is 6.76. The Morgan fingerprint density at radius 2 is 1.75 bits per heavy atom. The zero-order valence-electron chi connectivity index (χ0n) is 15.8. The summed E-state index contributed by atoms with van der Waals surface area (Å²) in [7, 11) is 0. The number of aliphatic hydroxyl groups excluding tert-OH is 1. The second-order valence-corrected chi connectivity index (χ2v) is 7.58. The van der Waals surface area contributed by atoms with Gasteiger partial charge in [-0.05, 0) is 60.3 Å². The quantitative estimate of drug-likeness (QED) is 0.398. The number of unbranched alkanes of at least 4 members (excludes halogenated alkanes) is 2. The molecule has 3 nitrogen and oxygen atoms in total. The molecule has 0 aliphatic carbocycles. The summed E-state index contributed by atoms with van der Waals surface area (Å²) in [6, 6.07) is 18.0. The zero-order valence-corrected chi connectivity index (χ0v) is 17.3. The summed E-state index contributed by atoms with van der Waals surface area (Å²) >= 11 is 12.1. The molecule has 0 bridgehead atoms. The van der Waals surface area contributed by atoms with Gasteiger partial charge < -0.3 is 15.2 Å². The Morgan fingerprint density at radius 1 is 0.893 bits per heavy atom. The maximum atomic E-state index is 8.89. The fraction of sp³-hybridized carbons (Fsp3) is 0.304. The molecular formula is C23H25Cl2NO2. The molecule has 0 saturated heterocycles. The maximum Gasteiger partial charge on any atom is 0.124 e. The van der Waals surface area contributed by atoms with E-state index in [1.54, 1.807) is 6.07 Å². The average molecular weight is 418 g/mol. The van der Waals surface area contributed by atoms with E-state index in [0.29, 0.717) is 16.7 Å². The van der Waals surface area contributed by atoms with E-state index in [1.807, 2.05) is 24.3 Å². The van der Waals surface area contributed by atoms with Crippen molar-refractivity contribution in [1.82, 2.24) is 5.32 Å². The van der Waals surface area contributed by atoms with Gasteiger partial charge in [0.2, 0.25) is 0 Å². The lowest BCUT2D eigenvalue weighted by molar-refractivity contribution is 0.282. The van der Waals surface area contributed by atoms with Crippen LogP contribution >= 0.6 is 23.2 Å². The number of nitrogens with one attached hydrogen (secondary N) is 1. The number of hydrogen-bond acceptors (Lipinski definition) is 3. The van der Waals surface area contributed by atoms with Crippen LogP contribution in [0.5, 0.6) is 5.75 Å². The molecule has 0 fully saturated rings. The van der Waals surface area contributed by atoms with Gasteiger partial charge in [0.05, 0.1) is 10.0 Å². The summed E-state index contributed by atoms with van der Waals surface area (Å²) < 4.78 is 6.15. The Morgan fingerprint density at radius 3 is 2.57 bits per heavy atom. The predicted octanol–water partition coefficient (Wildman–Crippen LogP) is 5.98. The predicted molar refractivity (Wildman–Crippen MR) is 117 cm³/mol. The maximum absolute atomic E-state index is 8.89. The Kier molecular flexibility index (Phi) is 7.99. The van der Waals surface area contributed by atoms with Crippen LogP contribution in [0, 0.1) is 0 Å². The minimum absolute atomic E-state index is 0.260. The van der Waals surface area contributed by atoms with Gasteiger partial charge in [-0.25, -0.2) is 0 Å². The Balaban J connectivity index is 1.73. The van der Waals surface area contributed by atoms with Crippen molar-refractivity contribution < 1.29 is 9.84 Å². The highest BCUT2D eigenvalue weighted by Gasteiger charge is 2.10. The summed E-state index contributed by atoms with van der Waals surface area (Å²) in [5, 5.41) is 15.9. The number of aliphatic hydroxyl groups is 1. The molecule has 2 N–H and O–H groups in total. The van der Waals surface area contributed by atoms with E-state index in [1.165, 1.54) is 10.8 Å². The molecule has 0 aliphatic rings. The second kappa shape index (κ2) is 10.7. The number of ether oxygens (including phenoxy) is 1. The Hall–Kier alpha value is -1.78. The van der Waals surface area contributed by atoms with Gasteiger partial charge in [0.1, 0.15) is 12.4 Å². The first kappa shape index (κ1) is 20.9. The lowest BCUT2D eigenvalue weighted by Gasteiger charge is -2.15. The minimum Gasteiger partial charge on any atom is -0.489 e. The van der Waals surface area contributed by atoms with E-state index < -0.39 is 0 Å². The Bertz CT molecular complexity index is 914. The van der Waals surface area contributed by atoms with Gasteiger partial charge in [0.25, 0.3) is 0 Å². The molecule has 3 rings (SSSR count). The molecule has 0 saturated carbocycles. The molecule has 28 heavy (non-hydrogen) atoms. The molecule has 148 valence electrons. The van der Waals surface area contributed by atoms with Crippen molar-refractivity contribution in [2.45, 2.75) is 32.4 Å². The Labute approximate surface area is 176 Å². The summed E-state index contributed by atoms with van der Waals surface area (Å²) in [6.45, 7) is 2.33. The first-order valence-corrected chi connectivity index (χ1v) is 10.3. The third-order valence-electron chi connectivity index (χ3n) is 4.69. The topological polar surface area (TPSA) is 41.5 Å². The van der Waals surface area contributed by atoms with Crippen LogP contribution in [0.1, 0.15) is 30.4 Å². The molecule has 0 atom stereocenters. The van der Waals surface area contributed by atoms with Gasteiger partial charge in [-0.1, -0.05) is 59.6 Å². The first-order valence-electron chi connectivity index (χ1n) is 9.58. The third kappa shape index (κ3) is 5.62. The number of benzene rings is 3. The van der Waals surface area contributed by atoms with Crippen molar-refractivity contribution in [3.05, 3.63) is 75.8 Å². The van der Waals surface area contributed by atoms with Crippen LogP contribution in [0.25, 0.3) is 10.8 Å². The molecular weight excluding hydrogens is 393 g/mol. The highest BCUT2D eigenvalue weighted by molar-refractivity contribution is 6.42. The molecule has 3 aromatic carbocycles. The minimum atomic E-state index is 0.260. The molecule has 0 heterocycles. The van der Waals surface area contributed by atoms with Crippen LogP contribution in [0.4, 0.5) is 0 Å². The van der Waals surface area contributed by atoms with Gasteiger partial charge >= 0.3 is 0 Å². The van der Waals surface area contributed by atoms with Crippen molar-refractivity contribution in [3.8, 4) is 5.75 Å².